The first kappa shape index (κ1) is 16.4. The Hall–Kier alpha value is -0.620. The van der Waals surface area contributed by atoms with Crippen LogP contribution in [0.5, 0.6) is 5.75 Å². The Morgan fingerprint density at radius 1 is 0.842 bits per heavy atom. The molecular weight excluding hydrogens is 312 g/mol. The predicted molar refractivity (Wildman–Crippen MR) is 77.8 cm³/mol. The van der Waals surface area contributed by atoms with E-state index in [1.54, 1.807) is 7.11 Å². The SMILES string of the molecule is COCCCOCCOCCOc1ccc(Br)cc1. The zero-order valence-corrected chi connectivity index (χ0v) is 12.9. The molecule has 0 saturated carbocycles. The molecule has 1 rings (SSSR count). The average Bonchev–Trinajstić information content (AvgIpc) is 2.43. The quantitative estimate of drug-likeness (QED) is 0.584. The Kier molecular flexibility index (Phi) is 9.71. The van der Waals surface area contributed by atoms with E-state index >= 15 is 0 Å². The van der Waals surface area contributed by atoms with Gasteiger partial charge in [-0.15, -0.1) is 0 Å². The monoisotopic (exact) mass is 332 g/mol. The van der Waals surface area contributed by atoms with Crippen molar-refractivity contribution >= 4 is 15.9 Å². The van der Waals surface area contributed by atoms with Gasteiger partial charge in [-0.25, -0.2) is 0 Å². The smallest absolute Gasteiger partial charge is 0.119 e. The molecule has 0 N–H and O–H groups in total. The van der Waals surface area contributed by atoms with Crippen molar-refractivity contribution in [3.63, 3.8) is 0 Å². The highest BCUT2D eigenvalue weighted by molar-refractivity contribution is 9.10. The number of rotatable bonds is 11. The van der Waals surface area contributed by atoms with Gasteiger partial charge in [-0.1, -0.05) is 15.9 Å². The number of ether oxygens (including phenoxy) is 4. The van der Waals surface area contributed by atoms with Crippen LogP contribution in [0.1, 0.15) is 6.42 Å². The van der Waals surface area contributed by atoms with Crippen molar-refractivity contribution in [2.75, 3.05) is 46.8 Å². The van der Waals surface area contributed by atoms with Gasteiger partial charge < -0.3 is 18.9 Å². The number of hydrogen-bond acceptors (Lipinski definition) is 4. The topological polar surface area (TPSA) is 36.9 Å². The Labute approximate surface area is 123 Å². The molecule has 0 aromatic heterocycles. The molecule has 4 nitrogen and oxygen atoms in total. The van der Waals surface area contributed by atoms with E-state index in [9.17, 15) is 0 Å². The van der Waals surface area contributed by atoms with Gasteiger partial charge in [0, 0.05) is 24.8 Å². The van der Waals surface area contributed by atoms with Crippen LogP contribution < -0.4 is 4.74 Å². The van der Waals surface area contributed by atoms with Crippen LogP contribution in [0.4, 0.5) is 0 Å². The molecule has 1 aromatic carbocycles. The first-order chi connectivity index (χ1) is 9.33. The van der Waals surface area contributed by atoms with E-state index in [0.29, 0.717) is 33.0 Å². The molecule has 1 aromatic rings. The fraction of sp³-hybridized carbons (Fsp3) is 0.571. The summed E-state index contributed by atoms with van der Waals surface area (Å²) in [6.45, 7) is 3.77. The summed E-state index contributed by atoms with van der Waals surface area (Å²) in [5.74, 6) is 0.850. The van der Waals surface area contributed by atoms with E-state index in [1.807, 2.05) is 24.3 Å². The Balaban J connectivity index is 1.87. The first-order valence-electron chi connectivity index (χ1n) is 6.35. The van der Waals surface area contributed by atoms with Crippen molar-refractivity contribution in [3.05, 3.63) is 28.7 Å². The van der Waals surface area contributed by atoms with E-state index in [4.69, 9.17) is 18.9 Å². The maximum absolute atomic E-state index is 5.52. The molecule has 0 saturated heterocycles. The summed E-state index contributed by atoms with van der Waals surface area (Å²) in [7, 11) is 1.69. The minimum atomic E-state index is 0.547. The second-order valence-electron chi connectivity index (χ2n) is 3.87. The molecule has 0 radical (unpaired) electrons. The minimum absolute atomic E-state index is 0.547. The first-order valence-corrected chi connectivity index (χ1v) is 7.15. The molecule has 108 valence electrons. The average molecular weight is 333 g/mol. The van der Waals surface area contributed by atoms with Crippen LogP contribution in [0.2, 0.25) is 0 Å². The largest absolute Gasteiger partial charge is 0.491 e. The fourth-order valence-corrected chi connectivity index (χ4v) is 1.64. The maximum atomic E-state index is 5.52. The molecule has 5 heteroatoms. The molecule has 0 amide bonds. The highest BCUT2D eigenvalue weighted by Gasteiger charge is 1.94. The van der Waals surface area contributed by atoms with Crippen LogP contribution in [-0.2, 0) is 14.2 Å². The second kappa shape index (κ2) is 11.2. The molecule has 0 aliphatic heterocycles. The van der Waals surface area contributed by atoms with E-state index in [2.05, 4.69) is 15.9 Å². The van der Waals surface area contributed by atoms with Gasteiger partial charge in [0.1, 0.15) is 12.4 Å². The molecule has 0 bridgehead atoms. The van der Waals surface area contributed by atoms with E-state index < -0.39 is 0 Å². The van der Waals surface area contributed by atoms with Gasteiger partial charge in [0.25, 0.3) is 0 Å². The van der Waals surface area contributed by atoms with Gasteiger partial charge >= 0.3 is 0 Å². The van der Waals surface area contributed by atoms with Crippen LogP contribution in [0.15, 0.2) is 28.7 Å². The third kappa shape index (κ3) is 8.99. The van der Waals surface area contributed by atoms with Crippen LogP contribution >= 0.6 is 15.9 Å². The van der Waals surface area contributed by atoms with Gasteiger partial charge in [0.15, 0.2) is 0 Å². The lowest BCUT2D eigenvalue weighted by atomic mass is 10.3. The predicted octanol–water partition coefficient (Wildman–Crippen LogP) is 2.90. The zero-order chi connectivity index (χ0) is 13.8. The lowest BCUT2D eigenvalue weighted by Crippen LogP contribution is -2.11. The summed E-state index contributed by atoms with van der Waals surface area (Å²) in [6, 6.07) is 7.74. The van der Waals surface area contributed by atoms with Crippen LogP contribution in [0.25, 0.3) is 0 Å². The Morgan fingerprint density at radius 3 is 2.16 bits per heavy atom. The van der Waals surface area contributed by atoms with Crippen molar-refractivity contribution in [1.29, 1.82) is 0 Å². The van der Waals surface area contributed by atoms with Crippen molar-refractivity contribution < 1.29 is 18.9 Å². The highest BCUT2D eigenvalue weighted by Crippen LogP contribution is 2.15. The third-order valence-corrected chi connectivity index (χ3v) is 2.85. The summed E-state index contributed by atoms with van der Waals surface area (Å²) >= 11 is 3.38. The van der Waals surface area contributed by atoms with Crippen molar-refractivity contribution in [1.82, 2.24) is 0 Å². The summed E-state index contributed by atoms with van der Waals surface area (Å²) < 4.78 is 22.2. The molecule has 0 aliphatic rings. The molecule has 0 aliphatic carbocycles. The lowest BCUT2D eigenvalue weighted by Gasteiger charge is -2.07. The summed E-state index contributed by atoms with van der Waals surface area (Å²) in [4.78, 5) is 0. The van der Waals surface area contributed by atoms with E-state index in [1.165, 1.54) is 0 Å². The Bertz CT molecular complexity index is 316. The normalized spacial score (nSPS) is 10.6. The van der Waals surface area contributed by atoms with Crippen molar-refractivity contribution in [2.45, 2.75) is 6.42 Å². The molecular formula is C14H21BrO4. The summed E-state index contributed by atoms with van der Waals surface area (Å²) in [6.07, 6.45) is 0.920. The van der Waals surface area contributed by atoms with E-state index in [0.717, 1.165) is 23.2 Å². The number of methoxy groups -OCH3 is 1. The van der Waals surface area contributed by atoms with Gasteiger partial charge in [-0.3, -0.25) is 0 Å². The number of halogens is 1. The van der Waals surface area contributed by atoms with Gasteiger partial charge in [-0.05, 0) is 30.7 Å². The fourth-order valence-electron chi connectivity index (χ4n) is 1.38. The van der Waals surface area contributed by atoms with Crippen LogP contribution in [0, 0.1) is 0 Å². The third-order valence-electron chi connectivity index (χ3n) is 2.32. The molecule has 0 fully saturated rings. The summed E-state index contributed by atoms with van der Waals surface area (Å²) in [5.41, 5.74) is 0. The van der Waals surface area contributed by atoms with Crippen molar-refractivity contribution in [2.24, 2.45) is 0 Å². The zero-order valence-electron chi connectivity index (χ0n) is 11.3. The number of hydrogen-bond donors (Lipinski definition) is 0. The minimum Gasteiger partial charge on any atom is -0.491 e. The van der Waals surface area contributed by atoms with Crippen molar-refractivity contribution in [3.8, 4) is 5.75 Å². The Morgan fingerprint density at radius 2 is 1.47 bits per heavy atom. The van der Waals surface area contributed by atoms with Gasteiger partial charge in [-0.2, -0.15) is 0 Å². The standard InChI is InChI=1S/C14H21BrO4/c1-16-7-2-8-17-9-10-18-11-12-19-14-5-3-13(15)4-6-14/h3-6H,2,7-12H2,1H3. The number of benzene rings is 1. The molecule has 0 heterocycles. The maximum Gasteiger partial charge on any atom is 0.119 e. The van der Waals surface area contributed by atoms with Crippen LogP contribution in [0.3, 0.4) is 0 Å². The van der Waals surface area contributed by atoms with E-state index in [-0.39, 0.29) is 0 Å². The van der Waals surface area contributed by atoms with Gasteiger partial charge in [0.05, 0.1) is 19.8 Å². The highest BCUT2D eigenvalue weighted by atomic mass is 79.9. The van der Waals surface area contributed by atoms with Crippen LogP contribution in [-0.4, -0.2) is 46.8 Å². The summed E-state index contributed by atoms with van der Waals surface area (Å²) in [5, 5.41) is 0. The molecule has 0 spiro atoms. The molecule has 0 unspecified atom stereocenters. The lowest BCUT2D eigenvalue weighted by molar-refractivity contribution is 0.0304. The van der Waals surface area contributed by atoms with Gasteiger partial charge in [0.2, 0.25) is 0 Å². The molecule has 19 heavy (non-hydrogen) atoms. The second-order valence-corrected chi connectivity index (χ2v) is 4.79. The molecule has 0 atom stereocenters.